The molecule has 0 saturated carbocycles. The molecule has 2 unspecified atom stereocenters. The smallest absolute Gasteiger partial charge is 0.270 e. The highest BCUT2D eigenvalue weighted by Crippen LogP contribution is 2.23. The van der Waals surface area contributed by atoms with E-state index in [1.807, 2.05) is 54.2 Å². The molecule has 0 fully saturated rings. The molecule has 154 valence electrons. The van der Waals surface area contributed by atoms with Crippen molar-refractivity contribution < 1.29 is 19.4 Å². The quantitative estimate of drug-likeness (QED) is 0.609. The van der Waals surface area contributed by atoms with Crippen LogP contribution in [0, 0.1) is 0 Å². The van der Waals surface area contributed by atoms with Gasteiger partial charge in [0, 0.05) is 25.7 Å². The van der Waals surface area contributed by atoms with E-state index in [1.54, 1.807) is 14.0 Å². The molecule has 2 atom stereocenters. The number of aryl methyl sites for hydroxylation is 1. The molecule has 3 rings (SSSR count). The minimum absolute atomic E-state index is 0.217. The van der Waals surface area contributed by atoms with Gasteiger partial charge in [0.15, 0.2) is 0 Å². The van der Waals surface area contributed by atoms with Gasteiger partial charge in [-0.05, 0) is 48.7 Å². The van der Waals surface area contributed by atoms with Gasteiger partial charge in [-0.2, -0.15) is 0 Å². The van der Waals surface area contributed by atoms with E-state index in [-0.39, 0.29) is 12.5 Å². The number of methoxy groups -OCH3 is 2. The fraction of sp³-hybridized carbons (Fsp3) is 0.364. The summed E-state index contributed by atoms with van der Waals surface area (Å²) in [6.07, 6.45) is 1.85. The number of nitrogens with one attached hydrogen (secondary N) is 1. The summed E-state index contributed by atoms with van der Waals surface area (Å²) in [5.41, 5.74) is 3.16. The first-order valence-electron chi connectivity index (χ1n) is 9.48. The lowest BCUT2D eigenvalue weighted by Crippen LogP contribution is -2.45. The Bertz CT molecular complexity index is 980. The highest BCUT2D eigenvalue weighted by molar-refractivity contribution is 5.95. The molecule has 0 saturated heterocycles. The van der Waals surface area contributed by atoms with Crippen molar-refractivity contribution in [1.29, 1.82) is 0 Å². The van der Waals surface area contributed by atoms with Crippen LogP contribution >= 0.6 is 0 Å². The molecule has 0 spiro atoms. The zero-order valence-electron chi connectivity index (χ0n) is 17.2. The summed E-state index contributed by atoms with van der Waals surface area (Å²) in [5, 5.41) is 13.7. The van der Waals surface area contributed by atoms with E-state index in [2.05, 4.69) is 10.3 Å². The van der Waals surface area contributed by atoms with Gasteiger partial charge in [-0.3, -0.25) is 4.79 Å². The van der Waals surface area contributed by atoms with Gasteiger partial charge in [0.1, 0.15) is 17.1 Å². The van der Waals surface area contributed by atoms with Gasteiger partial charge >= 0.3 is 0 Å². The molecular formula is C22H27N3O4. The van der Waals surface area contributed by atoms with Crippen LogP contribution in [-0.2, 0) is 18.2 Å². The van der Waals surface area contributed by atoms with E-state index in [4.69, 9.17) is 9.47 Å². The molecule has 0 radical (unpaired) electrons. The molecule has 0 aliphatic heterocycles. The minimum Gasteiger partial charge on any atom is -0.497 e. The predicted octanol–water partition coefficient (Wildman–Crippen LogP) is 2.30. The van der Waals surface area contributed by atoms with Crippen LogP contribution in [0.5, 0.6) is 5.75 Å². The Morgan fingerprint density at radius 2 is 1.97 bits per heavy atom. The largest absolute Gasteiger partial charge is 0.497 e. The third-order valence-electron chi connectivity index (χ3n) is 4.95. The average molecular weight is 397 g/mol. The number of pyridine rings is 1. The van der Waals surface area contributed by atoms with Gasteiger partial charge in [0.2, 0.25) is 0 Å². The second-order valence-electron chi connectivity index (χ2n) is 7.13. The zero-order valence-corrected chi connectivity index (χ0v) is 17.2. The third-order valence-corrected chi connectivity index (χ3v) is 4.95. The van der Waals surface area contributed by atoms with Crippen molar-refractivity contribution in [3.8, 4) is 5.75 Å². The minimum atomic E-state index is -0.739. The maximum atomic E-state index is 12.8. The number of amides is 1. The maximum absolute atomic E-state index is 12.8. The van der Waals surface area contributed by atoms with Gasteiger partial charge in [-0.15, -0.1) is 0 Å². The van der Waals surface area contributed by atoms with Crippen LogP contribution in [0.4, 0.5) is 0 Å². The standard InChI is InChI=1S/C22H27N3O4/c1-14(26)20(13-28-3)24-22(27)19-12-16(18-9-10-25(2)21(18)23-19)11-15-5-7-17(29-4)8-6-15/h5-10,12,14,20,26H,11,13H2,1-4H3,(H,24,27). The summed E-state index contributed by atoms with van der Waals surface area (Å²) in [6, 6.07) is 11.2. The number of aromatic nitrogens is 2. The fourth-order valence-corrected chi connectivity index (χ4v) is 3.25. The van der Waals surface area contributed by atoms with Crippen molar-refractivity contribution in [2.75, 3.05) is 20.8 Å². The summed E-state index contributed by atoms with van der Waals surface area (Å²) >= 11 is 0. The van der Waals surface area contributed by atoms with Crippen molar-refractivity contribution in [1.82, 2.24) is 14.9 Å². The number of hydrogen-bond donors (Lipinski definition) is 2. The maximum Gasteiger partial charge on any atom is 0.270 e. The summed E-state index contributed by atoms with van der Waals surface area (Å²) in [6.45, 7) is 1.83. The molecule has 2 N–H and O–H groups in total. The normalized spacial score (nSPS) is 13.3. The zero-order chi connectivity index (χ0) is 21.0. The van der Waals surface area contributed by atoms with Gasteiger partial charge < -0.3 is 24.5 Å². The first-order chi connectivity index (χ1) is 13.9. The number of carbonyl (C=O) groups is 1. The third kappa shape index (κ3) is 4.75. The molecule has 2 aromatic heterocycles. The Kier molecular flexibility index (Phi) is 6.51. The molecule has 1 aromatic carbocycles. The van der Waals surface area contributed by atoms with Crippen LogP contribution < -0.4 is 10.1 Å². The van der Waals surface area contributed by atoms with Crippen LogP contribution in [0.1, 0.15) is 28.5 Å². The predicted molar refractivity (Wildman–Crippen MR) is 111 cm³/mol. The lowest BCUT2D eigenvalue weighted by molar-refractivity contribution is 0.0659. The summed E-state index contributed by atoms with van der Waals surface area (Å²) in [4.78, 5) is 17.4. The molecule has 2 heterocycles. The fourth-order valence-electron chi connectivity index (χ4n) is 3.25. The molecule has 7 nitrogen and oxygen atoms in total. The van der Waals surface area contributed by atoms with Gasteiger partial charge in [-0.25, -0.2) is 4.98 Å². The Hall–Kier alpha value is -2.90. The van der Waals surface area contributed by atoms with Crippen molar-refractivity contribution in [3.63, 3.8) is 0 Å². The van der Waals surface area contributed by atoms with Crippen molar-refractivity contribution in [2.24, 2.45) is 7.05 Å². The SMILES string of the molecule is COCC(NC(=O)c1cc(Cc2ccc(OC)cc2)c2ccn(C)c2n1)C(C)O. The van der Waals surface area contributed by atoms with E-state index < -0.39 is 12.1 Å². The van der Waals surface area contributed by atoms with Crippen LogP contribution in [0.2, 0.25) is 0 Å². The summed E-state index contributed by atoms with van der Waals surface area (Å²) in [5.74, 6) is 0.461. The highest BCUT2D eigenvalue weighted by Gasteiger charge is 2.21. The number of fused-ring (bicyclic) bond motifs is 1. The van der Waals surface area contributed by atoms with E-state index in [0.717, 1.165) is 27.9 Å². The van der Waals surface area contributed by atoms with Crippen LogP contribution in [0.3, 0.4) is 0 Å². The lowest BCUT2D eigenvalue weighted by atomic mass is 10.0. The second kappa shape index (κ2) is 9.07. The number of rotatable bonds is 8. The van der Waals surface area contributed by atoms with Crippen LogP contribution in [-0.4, -0.2) is 53.5 Å². The number of hydrogen-bond acceptors (Lipinski definition) is 5. The van der Waals surface area contributed by atoms with E-state index in [0.29, 0.717) is 12.1 Å². The van der Waals surface area contributed by atoms with Crippen molar-refractivity contribution >= 4 is 16.9 Å². The van der Waals surface area contributed by atoms with Crippen molar-refractivity contribution in [2.45, 2.75) is 25.5 Å². The molecule has 29 heavy (non-hydrogen) atoms. The van der Waals surface area contributed by atoms with E-state index >= 15 is 0 Å². The molecule has 0 aliphatic carbocycles. The first kappa shape index (κ1) is 20.8. The van der Waals surface area contributed by atoms with Gasteiger partial charge in [-0.1, -0.05) is 12.1 Å². The Labute approximate surface area is 170 Å². The molecule has 0 bridgehead atoms. The summed E-state index contributed by atoms with van der Waals surface area (Å²) < 4.78 is 12.2. The Morgan fingerprint density at radius 3 is 2.59 bits per heavy atom. The number of ether oxygens (including phenoxy) is 2. The monoisotopic (exact) mass is 397 g/mol. The lowest BCUT2D eigenvalue weighted by Gasteiger charge is -2.20. The molecule has 0 aliphatic rings. The second-order valence-corrected chi connectivity index (χ2v) is 7.13. The number of aliphatic hydroxyl groups excluding tert-OH is 1. The van der Waals surface area contributed by atoms with Gasteiger partial charge in [0.25, 0.3) is 5.91 Å². The number of nitrogens with zero attached hydrogens (tertiary/aromatic N) is 2. The molecule has 3 aromatic rings. The van der Waals surface area contributed by atoms with Crippen LogP contribution in [0.25, 0.3) is 11.0 Å². The first-order valence-corrected chi connectivity index (χ1v) is 9.48. The van der Waals surface area contributed by atoms with Crippen LogP contribution in [0.15, 0.2) is 42.6 Å². The number of aliphatic hydroxyl groups is 1. The van der Waals surface area contributed by atoms with Crippen molar-refractivity contribution in [3.05, 3.63) is 59.4 Å². The number of carbonyl (C=O) groups excluding carboxylic acids is 1. The molecular weight excluding hydrogens is 370 g/mol. The Balaban J connectivity index is 1.94. The molecule has 7 heteroatoms. The van der Waals surface area contributed by atoms with E-state index in [1.165, 1.54) is 7.11 Å². The number of benzene rings is 1. The van der Waals surface area contributed by atoms with E-state index in [9.17, 15) is 9.90 Å². The topological polar surface area (TPSA) is 85.6 Å². The highest BCUT2D eigenvalue weighted by atomic mass is 16.5. The van der Waals surface area contributed by atoms with Gasteiger partial charge in [0.05, 0.1) is 25.9 Å². The summed E-state index contributed by atoms with van der Waals surface area (Å²) in [7, 11) is 5.07. The average Bonchev–Trinajstić information content (AvgIpc) is 3.09. The molecule has 1 amide bonds. The Morgan fingerprint density at radius 1 is 1.24 bits per heavy atom.